The van der Waals surface area contributed by atoms with E-state index >= 15 is 0 Å². The van der Waals surface area contributed by atoms with Gasteiger partial charge in [-0.1, -0.05) is 35.9 Å². The van der Waals surface area contributed by atoms with Gasteiger partial charge in [0.25, 0.3) is 0 Å². The van der Waals surface area contributed by atoms with Crippen LogP contribution in [-0.4, -0.2) is 14.5 Å². The lowest BCUT2D eigenvalue weighted by molar-refractivity contribution is -0.137. The number of hydrogen-bond donors (Lipinski definition) is 1. The topological polar surface area (TPSA) is 46.2 Å². The minimum atomic E-state index is -4.64. The van der Waals surface area contributed by atoms with Crippen LogP contribution in [0.2, 0.25) is 5.02 Å². The van der Waals surface area contributed by atoms with Crippen molar-refractivity contribution >= 4 is 21.6 Å². The minimum absolute atomic E-state index is 0.244. The molecule has 0 radical (unpaired) electrons. The maximum absolute atomic E-state index is 12.8. The number of sulfonamides is 1. The Bertz CT molecular complexity index is 856. The van der Waals surface area contributed by atoms with Crippen molar-refractivity contribution in [3.8, 4) is 0 Å². The molecule has 0 aromatic heterocycles. The van der Waals surface area contributed by atoms with Gasteiger partial charge in [-0.25, -0.2) is 13.1 Å². The van der Waals surface area contributed by atoms with Gasteiger partial charge in [-0.05, 0) is 42.2 Å². The first-order chi connectivity index (χ1) is 11.2. The standard InChI is InChI=1S/C16H13ClF3NO2S/c17-14-6-5-12(16(18,19)20)9-15(14)24(22,23)21-13-7-10-3-1-2-4-11(10)8-13/h1-6,9,13,21H,7-8H2. The summed E-state index contributed by atoms with van der Waals surface area (Å²) in [5, 5.41) is -0.244. The third kappa shape index (κ3) is 3.43. The summed E-state index contributed by atoms with van der Waals surface area (Å²) in [6.07, 6.45) is -3.66. The molecule has 0 aliphatic heterocycles. The van der Waals surface area contributed by atoms with E-state index in [1.165, 1.54) is 0 Å². The fraction of sp³-hybridized carbons (Fsp3) is 0.250. The van der Waals surface area contributed by atoms with E-state index in [-0.39, 0.29) is 5.02 Å². The van der Waals surface area contributed by atoms with Gasteiger partial charge in [0.1, 0.15) is 4.90 Å². The monoisotopic (exact) mass is 375 g/mol. The Morgan fingerprint density at radius 1 is 1.04 bits per heavy atom. The molecule has 0 heterocycles. The second-order valence-electron chi connectivity index (χ2n) is 5.64. The summed E-state index contributed by atoms with van der Waals surface area (Å²) >= 11 is 5.82. The van der Waals surface area contributed by atoms with Gasteiger partial charge >= 0.3 is 6.18 Å². The van der Waals surface area contributed by atoms with Crippen LogP contribution in [0.3, 0.4) is 0 Å². The molecule has 1 aliphatic rings. The molecule has 3 rings (SSSR count). The normalized spacial score (nSPS) is 15.5. The zero-order valence-electron chi connectivity index (χ0n) is 12.3. The number of halogens is 4. The number of rotatable bonds is 3. The fourth-order valence-electron chi connectivity index (χ4n) is 2.81. The van der Waals surface area contributed by atoms with E-state index in [2.05, 4.69) is 4.72 Å². The lowest BCUT2D eigenvalue weighted by Crippen LogP contribution is -2.35. The molecule has 24 heavy (non-hydrogen) atoms. The first kappa shape index (κ1) is 17.3. The van der Waals surface area contributed by atoms with Crippen LogP contribution in [0, 0.1) is 0 Å². The minimum Gasteiger partial charge on any atom is -0.207 e. The van der Waals surface area contributed by atoms with E-state index in [1.807, 2.05) is 24.3 Å². The van der Waals surface area contributed by atoms with Gasteiger partial charge in [-0.3, -0.25) is 0 Å². The maximum atomic E-state index is 12.8. The molecular weight excluding hydrogens is 363 g/mol. The smallest absolute Gasteiger partial charge is 0.207 e. The predicted octanol–water partition coefficient (Wildman–Crippen LogP) is 3.80. The van der Waals surface area contributed by atoms with Crippen molar-refractivity contribution in [2.45, 2.75) is 30.0 Å². The SMILES string of the molecule is O=S(=O)(NC1Cc2ccccc2C1)c1cc(C(F)(F)F)ccc1Cl. The van der Waals surface area contributed by atoms with Gasteiger partial charge in [-0.2, -0.15) is 13.2 Å². The van der Waals surface area contributed by atoms with Crippen LogP contribution in [0.25, 0.3) is 0 Å². The Kier molecular flexibility index (Phi) is 4.36. The largest absolute Gasteiger partial charge is 0.416 e. The second-order valence-corrected chi connectivity index (χ2v) is 7.73. The fourth-order valence-corrected chi connectivity index (χ4v) is 4.57. The second kappa shape index (κ2) is 6.06. The molecule has 0 atom stereocenters. The van der Waals surface area contributed by atoms with Crippen LogP contribution in [0.5, 0.6) is 0 Å². The van der Waals surface area contributed by atoms with Crippen molar-refractivity contribution < 1.29 is 21.6 Å². The molecule has 2 aromatic carbocycles. The van der Waals surface area contributed by atoms with Crippen molar-refractivity contribution in [3.63, 3.8) is 0 Å². The molecule has 2 aromatic rings. The number of hydrogen-bond acceptors (Lipinski definition) is 2. The maximum Gasteiger partial charge on any atom is 0.416 e. The number of nitrogens with one attached hydrogen (secondary N) is 1. The van der Waals surface area contributed by atoms with Crippen LogP contribution in [0.15, 0.2) is 47.4 Å². The van der Waals surface area contributed by atoms with Crippen LogP contribution in [-0.2, 0) is 29.0 Å². The molecule has 128 valence electrons. The quantitative estimate of drug-likeness (QED) is 0.886. The zero-order valence-corrected chi connectivity index (χ0v) is 13.8. The van der Waals surface area contributed by atoms with Crippen molar-refractivity contribution in [1.82, 2.24) is 4.72 Å². The van der Waals surface area contributed by atoms with E-state index < -0.39 is 32.7 Å². The first-order valence-electron chi connectivity index (χ1n) is 7.13. The summed E-state index contributed by atoms with van der Waals surface area (Å²) in [5.74, 6) is 0. The highest BCUT2D eigenvalue weighted by Crippen LogP contribution is 2.33. The van der Waals surface area contributed by atoms with Crippen LogP contribution in [0.1, 0.15) is 16.7 Å². The molecule has 0 spiro atoms. The third-order valence-electron chi connectivity index (χ3n) is 3.92. The molecule has 1 N–H and O–H groups in total. The van der Waals surface area contributed by atoms with Gasteiger partial charge in [0, 0.05) is 6.04 Å². The van der Waals surface area contributed by atoms with Crippen molar-refractivity contribution in [2.24, 2.45) is 0 Å². The van der Waals surface area contributed by atoms with Gasteiger partial charge in [0.15, 0.2) is 0 Å². The molecule has 0 saturated carbocycles. The van der Waals surface area contributed by atoms with Crippen molar-refractivity contribution in [1.29, 1.82) is 0 Å². The highest BCUT2D eigenvalue weighted by molar-refractivity contribution is 7.89. The summed E-state index contributed by atoms with van der Waals surface area (Å²) in [5.41, 5.74) is 1.00. The van der Waals surface area contributed by atoms with Gasteiger partial charge in [-0.15, -0.1) is 0 Å². The molecule has 3 nitrogen and oxygen atoms in total. The molecular formula is C16H13ClF3NO2S. The number of benzene rings is 2. The summed E-state index contributed by atoms with van der Waals surface area (Å²) in [6, 6.07) is 9.39. The van der Waals surface area contributed by atoms with Crippen molar-refractivity contribution in [2.75, 3.05) is 0 Å². The zero-order chi connectivity index (χ0) is 17.5. The summed E-state index contributed by atoms with van der Waals surface area (Å²) in [4.78, 5) is -0.560. The first-order valence-corrected chi connectivity index (χ1v) is 8.99. The molecule has 0 fully saturated rings. The third-order valence-corrected chi connectivity index (χ3v) is 5.92. The van der Waals surface area contributed by atoms with Crippen LogP contribution >= 0.6 is 11.6 Å². The van der Waals surface area contributed by atoms with E-state index in [0.29, 0.717) is 18.9 Å². The Morgan fingerprint density at radius 3 is 2.17 bits per heavy atom. The summed E-state index contributed by atoms with van der Waals surface area (Å²) in [7, 11) is -4.16. The average molecular weight is 376 g/mol. The molecule has 0 saturated heterocycles. The van der Waals surface area contributed by atoms with Crippen molar-refractivity contribution in [3.05, 3.63) is 64.2 Å². The Balaban J connectivity index is 1.87. The van der Waals surface area contributed by atoms with Crippen LogP contribution in [0.4, 0.5) is 13.2 Å². The number of alkyl halides is 3. The lowest BCUT2D eigenvalue weighted by atomic mass is 10.1. The Labute approximate surface area is 142 Å². The summed E-state index contributed by atoms with van der Waals surface area (Å²) in [6.45, 7) is 0. The van der Waals surface area contributed by atoms with Gasteiger partial charge < -0.3 is 0 Å². The van der Waals surface area contributed by atoms with E-state index in [0.717, 1.165) is 23.3 Å². The van der Waals surface area contributed by atoms with Gasteiger partial charge in [0.05, 0.1) is 10.6 Å². The van der Waals surface area contributed by atoms with E-state index in [4.69, 9.17) is 11.6 Å². The number of fused-ring (bicyclic) bond motifs is 1. The molecule has 0 amide bonds. The molecule has 1 aliphatic carbocycles. The molecule has 8 heteroatoms. The average Bonchev–Trinajstić information content (AvgIpc) is 2.87. The Morgan fingerprint density at radius 2 is 1.62 bits per heavy atom. The van der Waals surface area contributed by atoms with E-state index in [9.17, 15) is 21.6 Å². The van der Waals surface area contributed by atoms with Crippen LogP contribution < -0.4 is 4.72 Å². The predicted molar refractivity (Wildman–Crippen MR) is 84.4 cm³/mol. The van der Waals surface area contributed by atoms with Gasteiger partial charge in [0.2, 0.25) is 10.0 Å². The van der Waals surface area contributed by atoms with E-state index in [1.54, 1.807) is 0 Å². The molecule has 0 unspecified atom stereocenters. The summed E-state index contributed by atoms with van der Waals surface area (Å²) < 4.78 is 65.9. The molecule has 0 bridgehead atoms. The Hall–Kier alpha value is -1.57. The lowest BCUT2D eigenvalue weighted by Gasteiger charge is -2.15. The highest BCUT2D eigenvalue weighted by atomic mass is 35.5. The highest BCUT2D eigenvalue weighted by Gasteiger charge is 2.34.